The minimum absolute atomic E-state index is 0.000882. The first-order chi connectivity index (χ1) is 13.1. The highest BCUT2D eigenvalue weighted by Gasteiger charge is 2.59. The summed E-state index contributed by atoms with van der Waals surface area (Å²) in [6, 6.07) is 8.35. The van der Waals surface area contributed by atoms with Crippen LogP contribution in [-0.2, 0) is 0 Å². The van der Waals surface area contributed by atoms with Crippen LogP contribution >= 0.6 is 0 Å². The van der Waals surface area contributed by atoms with Crippen molar-refractivity contribution in [2.24, 2.45) is 0 Å². The average Bonchev–Trinajstić information content (AvgIpc) is 3.08. The van der Waals surface area contributed by atoms with E-state index in [0.717, 1.165) is 24.3 Å². The molecule has 1 atom stereocenters. The lowest BCUT2D eigenvalue weighted by molar-refractivity contribution is -0.304. The van der Waals surface area contributed by atoms with E-state index in [1.165, 1.54) is 6.07 Å². The van der Waals surface area contributed by atoms with Crippen LogP contribution < -0.4 is 19.5 Å². The van der Waals surface area contributed by atoms with Gasteiger partial charge < -0.3 is 19.5 Å². The van der Waals surface area contributed by atoms with Gasteiger partial charge in [-0.2, -0.15) is 22.0 Å². The van der Waals surface area contributed by atoms with E-state index in [0.29, 0.717) is 17.2 Å². The molecule has 1 heterocycles. The molecular formula is C17H11F6NO4. The van der Waals surface area contributed by atoms with E-state index in [2.05, 4.69) is 10.1 Å². The van der Waals surface area contributed by atoms with Crippen molar-refractivity contribution in [2.75, 3.05) is 12.1 Å². The topological polar surface area (TPSA) is 56.8 Å². The molecule has 3 rings (SSSR count). The van der Waals surface area contributed by atoms with Crippen LogP contribution in [0.1, 0.15) is 10.4 Å². The van der Waals surface area contributed by atoms with Crippen molar-refractivity contribution in [1.29, 1.82) is 0 Å². The van der Waals surface area contributed by atoms with E-state index in [1.54, 1.807) is 12.1 Å². The van der Waals surface area contributed by atoms with Gasteiger partial charge in [-0.05, 0) is 36.4 Å². The summed E-state index contributed by atoms with van der Waals surface area (Å²) in [6.45, 7) is 0.0485. The number of amides is 1. The number of nitrogens with one attached hydrogen (secondary N) is 1. The maximum Gasteiger partial charge on any atom is 0.439 e. The standard InChI is InChI=1S/C17H11F6NO4/c18-15(16(19,20)21)17(22,23)28-11-4-1-9(2-5-11)14(25)24-10-3-6-12-13(7-10)27-8-26-12/h1-7,15H,8H2,(H,24,25)/t15-/m1/s1. The fourth-order valence-corrected chi connectivity index (χ4v) is 2.25. The van der Waals surface area contributed by atoms with Crippen LogP contribution in [0.15, 0.2) is 42.5 Å². The zero-order valence-corrected chi connectivity index (χ0v) is 13.7. The van der Waals surface area contributed by atoms with Crippen molar-refractivity contribution in [2.45, 2.75) is 18.5 Å². The second-order valence-corrected chi connectivity index (χ2v) is 5.61. The highest BCUT2D eigenvalue weighted by molar-refractivity contribution is 6.04. The number of halogens is 6. The first-order valence-corrected chi connectivity index (χ1v) is 7.65. The third kappa shape index (κ3) is 4.24. The summed E-state index contributed by atoms with van der Waals surface area (Å²) >= 11 is 0. The molecule has 1 aliphatic heterocycles. The van der Waals surface area contributed by atoms with Crippen LogP contribution in [0.5, 0.6) is 17.2 Å². The molecule has 0 saturated carbocycles. The first kappa shape index (κ1) is 19.6. The van der Waals surface area contributed by atoms with Gasteiger partial charge in [0.25, 0.3) is 12.1 Å². The van der Waals surface area contributed by atoms with Crippen LogP contribution in [0.25, 0.3) is 0 Å². The first-order valence-electron chi connectivity index (χ1n) is 7.65. The highest BCUT2D eigenvalue weighted by atomic mass is 19.4. The zero-order valence-electron chi connectivity index (χ0n) is 13.7. The van der Waals surface area contributed by atoms with Crippen molar-refractivity contribution in [3.63, 3.8) is 0 Å². The Labute approximate surface area is 153 Å². The lowest BCUT2D eigenvalue weighted by Gasteiger charge is -2.23. The molecule has 0 radical (unpaired) electrons. The summed E-state index contributed by atoms with van der Waals surface area (Å²) in [5, 5.41) is 2.52. The second kappa shape index (κ2) is 7.13. The normalized spacial score (nSPS) is 14.5. The van der Waals surface area contributed by atoms with Gasteiger partial charge in [0.2, 0.25) is 6.79 Å². The van der Waals surface area contributed by atoms with E-state index < -0.39 is 30.1 Å². The predicted octanol–water partition coefficient (Wildman–Crippen LogP) is 4.54. The molecule has 0 spiro atoms. The van der Waals surface area contributed by atoms with Crippen LogP contribution in [-0.4, -0.2) is 31.2 Å². The lowest BCUT2D eigenvalue weighted by atomic mass is 10.2. The Kier molecular flexibility index (Phi) is 5.01. The number of hydrogen-bond acceptors (Lipinski definition) is 4. The Balaban J connectivity index is 1.66. The molecule has 1 amide bonds. The molecule has 1 N–H and O–H groups in total. The summed E-state index contributed by atoms with van der Waals surface area (Å²) in [6.07, 6.45) is -15.4. The molecule has 11 heteroatoms. The number of carbonyl (C=O) groups is 1. The fraction of sp³-hybridized carbons (Fsp3) is 0.235. The number of anilines is 1. The number of fused-ring (bicyclic) bond motifs is 1. The van der Waals surface area contributed by atoms with Gasteiger partial charge >= 0.3 is 12.3 Å². The van der Waals surface area contributed by atoms with Gasteiger partial charge in [0, 0.05) is 17.3 Å². The largest absolute Gasteiger partial charge is 0.454 e. The molecule has 150 valence electrons. The molecular weight excluding hydrogens is 396 g/mol. The quantitative estimate of drug-likeness (QED) is 0.740. The Morgan fingerprint density at radius 1 is 1.00 bits per heavy atom. The van der Waals surface area contributed by atoms with E-state index in [1.807, 2.05) is 0 Å². The minimum Gasteiger partial charge on any atom is -0.454 e. The smallest absolute Gasteiger partial charge is 0.439 e. The predicted molar refractivity (Wildman–Crippen MR) is 83.5 cm³/mol. The third-order valence-electron chi connectivity index (χ3n) is 3.58. The lowest BCUT2D eigenvalue weighted by Crippen LogP contribution is -2.45. The fourth-order valence-electron chi connectivity index (χ4n) is 2.25. The maximum atomic E-state index is 13.2. The van der Waals surface area contributed by atoms with Gasteiger partial charge in [-0.1, -0.05) is 0 Å². The van der Waals surface area contributed by atoms with Crippen molar-refractivity contribution in [3.8, 4) is 17.2 Å². The molecule has 0 aliphatic carbocycles. The Hall–Kier alpha value is -3.11. The summed E-state index contributed by atoms with van der Waals surface area (Å²) in [7, 11) is 0. The third-order valence-corrected chi connectivity index (χ3v) is 3.58. The van der Waals surface area contributed by atoms with Crippen LogP contribution in [0.4, 0.5) is 32.0 Å². The summed E-state index contributed by atoms with van der Waals surface area (Å²) in [5.41, 5.74) is 0.368. The Bertz CT molecular complexity index is 869. The number of alkyl halides is 6. The molecule has 0 bridgehead atoms. The van der Waals surface area contributed by atoms with Gasteiger partial charge in [0.15, 0.2) is 11.5 Å². The number of hydrogen-bond donors (Lipinski definition) is 1. The van der Waals surface area contributed by atoms with Gasteiger partial charge in [-0.15, -0.1) is 0 Å². The average molecular weight is 407 g/mol. The minimum atomic E-state index is -5.78. The van der Waals surface area contributed by atoms with Gasteiger partial charge in [0.05, 0.1) is 0 Å². The maximum absolute atomic E-state index is 13.2. The van der Waals surface area contributed by atoms with Gasteiger partial charge in [0.1, 0.15) is 5.75 Å². The van der Waals surface area contributed by atoms with Gasteiger partial charge in [-0.25, -0.2) is 4.39 Å². The van der Waals surface area contributed by atoms with Gasteiger partial charge in [-0.3, -0.25) is 4.79 Å². The Morgan fingerprint density at radius 3 is 2.29 bits per heavy atom. The Morgan fingerprint density at radius 2 is 1.64 bits per heavy atom. The summed E-state index contributed by atoms with van der Waals surface area (Å²) in [4.78, 5) is 12.2. The molecule has 2 aromatic rings. The number of rotatable bonds is 5. The second-order valence-electron chi connectivity index (χ2n) is 5.61. The SMILES string of the molecule is O=C(Nc1ccc2c(c1)OCO2)c1ccc(OC(F)(F)[C@H](F)C(F)(F)F)cc1. The highest BCUT2D eigenvalue weighted by Crippen LogP contribution is 2.37. The van der Waals surface area contributed by atoms with Crippen LogP contribution in [0, 0.1) is 0 Å². The van der Waals surface area contributed by atoms with Crippen LogP contribution in [0.3, 0.4) is 0 Å². The number of carbonyl (C=O) groups excluding carboxylic acids is 1. The summed E-state index contributed by atoms with van der Waals surface area (Å²) in [5.74, 6) is -0.438. The van der Waals surface area contributed by atoms with E-state index in [-0.39, 0.29) is 12.4 Å². The zero-order chi connectivity index (χ0) is 20.5. The molecule has 1 aliphatic rings. The molecule has 0 fully saturated rings. The summed E-state index contributed by atoms with van der Waals surface area (Å²) < 4.78 is 89.7. The molecule has 0 saturated heterocycles. The molecule has 28 heavy (non-hydrogen) atoms. The molecule has 5 nitrogen and oxygen atoms in total. The van der Waals surface area contributed by atoms with Crippen molar-refractivity contribution in [3.05, 3.63) is 48.0 Å². The molecule has 2 aromatic carbocycles. The van der Waals surface area contributed by atoms with Crippen molar-refractivity contribution < 1.29 is 45.3 Å². The number of ether oxygens (including phenoxy) is 3. The van der Waals surface area contributed by atoms with E-state index >= 15 is 0 Å². The monoisotopic (exact) mass is 407 g/mol. The van der Waals surface area contributed by atoms with E-state index in [4.69, 9.17) is 9.47 Å². The molecule has 0 aromatic heterocycles. The molecule has 0 unspecified atom stereocenters. The van der Waals surface area contributed by atoms with Crippen LogP contribution in [0.2, 0.25) is 0 Å². The number of benzene rings is 2. The van der Waals surface area contributed by atoms with E-state index in [9.17, 15) is 31.1 Å². The van der Waals surface area contributed by atoms with Crippen molar-refractivity contribution in [1.82, 2.24) is 0 Å². The van der Waals surface area contributed by atoms with Crippen molar-refractivity contribution >= 4 is 11.6 Å².